The van der Waals surface area contributed by atoms with E-state index in [2.05, 4.69) is 15.3 Å². The number of rotatable bonds is 1. The molecule has 3 atom stereocenters. The van der Waals surface area contributed by atoms with Gasteiger partial charge in [0.15, 0.2) is 0 Å². The Morgan fingerprint density at radius 1 is 1.00 bits per heavy atom. The summed E-state index contributed by atoms with van der Waals surface area (Å²) in [6.07, 6.45) is -5.39. The number of nitrogens with one attached hydrogen (secondary N) is 2. The van der Waals surface area contributed by atoms with Gasteiger partial charge >= 0.3 is 6.18 Å². The number of ether oxygens (including phenoxy) is 2. The number of fused-ring (bicyclic) bond motifs is 5. The number of nitrogens with zero attached hydrogens (tertiary/aromatic N) is 1. The normalized spacial score (nSPS) is 24.9. The van der Waals surface area contributed by atoms with Crippen LogP contribution in [0.3, 0.4) is 0 Å². The Bertz CT molecular complexity index is 987. The van der Waals surface area contributed by atoms with Crippen LogP contribution in [0.5, 0.6) is 0 Å². The Labute approximate surface area is 152 Å². The maximum Gasteiger partial charge on any atom is 0.449 e. The first-order valence-electron chi connectivity index (χ1n) is 8.67. The number of aromatic nitrogens is 2. The highest BCUT2D eigenvalue weighted by atomic mass is 19.4. The SMILES string of the molecule is FC(F)(F)c1nc2c3c(ccc2[nH]1)N[C@@H](c1ccccc1)C1OCCOC31. The minimum atomic E-state index is -4.54. The average molecular weight is 375 g/mol. The lowest BCUT2D eigenvalue weighted by Gasteiger charge is -2.43. The van der Waals surface area contributed by atoms with E-state index < -0.39 is 18.1 Å². The fraction of sp³-hybridized carbons (Fsp3) is 0.316. The Balaban J connectivity index is 1.67. The van der Waals surface area contributed by atoms with Gasteiger partial charge in [0, 0.05) is 11.3 Å². The quantitative estimate of drug-likeness (QED) is 0.669. The summed E-state index contributed by atoms with van der Waals surface area (Å²) in [4.78, 5) is 6.19. The first-order valence-corrected chi connectivity index (χ1v) is 8.67. The van der Waals surface area contributed by atoms with Gasteiger partial charge in [-0.25, -0.2) is 4.98 Å². The zero-order valence-corrected chi connectivity index (χ0v) is 14.1. The van der Waals surface area contributed by atoms with Crippen molar-refractivity contribution in [3.8, 4) is 0 Å². The first-order chi connectivity index (χ1) is 13.0. The Morgan fingerprint density at radius 3 is 2.56 bits per heavy atom. The summed E-state index contributed by atoms with van der Waals surface area (Å²) in [5.41, 5.74) is 2.94. The highest BCUT2D eigenvalue weighted by Gasteiger charge is 2.43. The van der Waals surface area contributed by atoms with E-state index in [0.29, 0.717) is 30.0 Å². The van der Waals surface area contributed by atoms with Crippen LogP contribution in [0.4, 0.5) is 18.9 Å². The molecular weight excluding hydrogens is 359 g/mol. The number of anilines is 1. The second kappa shape index (κ2) is 5.97. The molecule has 2 unspecified atom stereocenters. The van der Waals surface area contributed by atoms with E-state index in [9.17, 15) is 13.2 Å². The second-order valence-corrected chi connectivity index (χ2v) is 6.67. The van der Waals surface area contributed by atoms with E-state index in [0.717, 1.165) is 5.56 Å². The number of halogens is 3. The van der Waals surface area contributed by atoms with Crippen LogP contribution in [0.15, 0.2) is 42.5 Å². The molecule has 0 radical (unpaired) electrons. The summed E-state index contributed by atoms with van der Waals surface area (Å²) in [6, 6.07) is 13.0. The third kappa shape index (κ3) is 2.67. The monoisotopic (exact) mass is 375 g/mol. The van der Waals surface area contributed by atoms with Crippen LogP contribution in [-0.4, -0.2) is 29.3 Å². The van der Waals surface area contributed by atoms with E-state index in [1.54, 1.807) is 12.1 Å². The third-order valence-corrected chi connectivity index (χ3v) is 5.03. The van der Waals surface area contributed by atoms with Crippen LogP contribution < -0.4 is 5.32 Å². The van der Waals surface area contributed by atoms with Crippen molar-refractivity contribution in [1.29, 1.82) is 0 Å². The summed E-state index contributed by atoms with van der Waals surface area (Å²) < 4.78 is 51.3. The molecule has 2 aliphatic rings. The molecule has 2 aliphatic heterocycles. The molecule has 1 fully saturated rings. The fourth-order valence-electron chi connectivity index (χ4n) is 3.89. The second-order valence-electron chi connectivity index (χ2n) is 6.67. The topological polar surface area (TPSA) is 59.2 Å². The van der Waals surface area contributed by atoms with Crippen molar-refractivity contribution < 1.29 is 22.6 Å². The lowest BCUT2D eigenvalue weighted by Crippen LogP contribution is -2.43. The largest absolute Gasteiger partial charge is 0.449 e. The Kier molecular flexibility index (Phi) is 3.66. The number of imidazole rings is 1. The van der Waals surface area contributed by atoms with Crippen LogP contribution in [0.25, 0.3) is 11.0 Å². The predicted octanol–water partition coefficient (Wildman–Crippen LogP) is 4.21. The van der Waals surface area contributed by atoms with Gasteiger partial charge in [-0.15, -0.1) is 0 Å². The standard InChI is InChI=1S/C19H16F3N3O2/c20-19(21,22)18-24-12-7-6-11-13(15(12)25-18)16-17(27-9-8-26-16)14(23-11)10-4-2-1-3-5-10/h1-7,14,16-17,23H,8-9H2,(H,24,25)/t14-,16?,17?/m0/s1. The van der Waals surface area contributed by atoms with Gasteiger partial charge in [0.25, 0.3) is 0 Å². The predicted molar refractivity (Wildman–Crippen MR) is 92.3 cm³/mol. The summed E-state index contributed by atoms with van der Waals surface area (Å²) >= 11 is 0. The van der Waals surface area contributed by atoms with Gasteiger partial charge in [-0.2, -0.15) is 13.2 Å². The molecule has 1 aromatic heterocycles. The van der Waals surface area contributed by atoms with E-state index in [1.807, 2.05) is 30.3 Å². The van der Waals surface area contributed by atoms with Crippen LogP contribution >= 0.6 is 0 Å². The zero-order chi connectivity index (χ0) is 18.6. The summed E-state index contributed by atoms with van der Waals surface area (Å²) in [6.45, 7) is 0.820. The smallest absolute Gasteiger partial charge is 0.375 e. The number of benzene rings is 2. The molecule has 0 bridgehead atoms. The van der Waals surface area contributed by atoms with Gasteiger partial charge < -0.3 is 19.8 Å². The summed E-state index contributed by atoms with van der Waals surface area (Å²) in [5, 5.41) is 3.41. The molecule has 5 nitrogen and oxygen atoms in total. The van der Waals surface area contributed by atoms with Gasteiger partial charge in [0.2, 0.25) is 5.82 Å². The number of hydrogen-bond acceptors (Lipinski definition) is 4. The van der Waals surface area contributed by atoms with E-state index in [4.69, 9.17) is 9.47 Å². The van der Waals surface area contributed by atoms with Crippen molar-refractivity contribution >= 4 is 16.7 Å². The van der Waals surface area contributed by atoms with Crippen molar-refractivity contribution in [3.05, 3.63) is 59.4 Å². The van der Waals surface area contributed by atoms with Crippen molar-refractivity contribution in [2.45, 2.75) is 24.4 Å². The van der Waals surface area contributed by atoms with Gasteiger partial charge in [0.1, 0.15) is 12.2 Å². The molecule has 8 heteroatoms. The number of H-pyrrole nitrogens is 1. The molecule has 140 valence electrons. The van der Waals surface area contributed by atoms with Gasteiger partial charge in [-0.05, 0) is 17.7 Å². The Hall–Kier alpha value is -2.58. The number of hydrogen-bond donors (Lipinski definition) is 2. The molecular formula is C19H16F3N3O2. The van der Waals surface area contributed by atoms with Crippen LogP contribution in [0, 0.1) is 0 Å². The van der Waals surface area contributed by atoms with Gasteiger partial charge in [-0.1, -0.05) is 30.3 Å². The highest BCUT2D eigenvalue weighted by Crippen LogP contribution is 2.46. The molecule has 0 aliphatic carbocycles. The van der Waals surface area contributed by atoms with Crippen molar-refractivity contribution in [3.63, 3.8) is 0 Å². The lowest BCUT2D eigenvalue weighted by molar-refractivity contribution is -0.150. The molecule has 5 rings (SSSR count). The molecule has 2 aromatic carbocycles. The number of alkyl halides is 3. The zero-order valence-electron chi connectivity index (χ0n) is 14.1. The van der Waals surface area contributed by atoms with Gasteiger partial charge in [0.05, 0.1) is 30.3 Å². The maximum absolute atomic E-state index is 13.1. The molecule has 3 heterocycles. The molecule has 3 aromatic rings. The average Bonchev–Trinajstić information content (AvgIpc) is 3.13. The lowest BCUT2D eigenvalue weighted by atomic mass is 9.87. The van der Waals surface area contributed by atoms with Crippen LogP contribution in [0.1, 0.15) is 29.1 Å². The molecule has 0 amide bonds. The minimum absolute atomic E-state index is 0.164. The van der Waals surface area contributed by atoms with Crippen LogP contribution in [-0.2, 0) is 15.7 Å². The van der Waals surface area contributed by atoms with Crippen molar-refractivity contribution in [2.24, 2.45) is 0 Å². The summed E-state index contributed by atoms with van der Waals surface area (Å²) in [5.74, 6) is -1.01. The fourth-order valence-corrected chi connectivity index (χ4v) is 3.89. The van der Waals surface area contributed by atoms with E-state index >= 15 is 0 Å². The third-order valence-electron chi connectivity index (χ3n) is 5.03. The molecule has 0 spiro atoms. The highest BCUT2D eigenvalue weighted by molar-refractivity contribution is 5.86. The van der Waals surface area contributed by atoms with Crippen molar-refractivity contribution in [2.75, 3.05) is 18.5 Å². The number of aromatic amines is 1. The molecule has 2 N–H and O–H groups in total. The molecule has 0 saturated carbocycles. The minimum Gasteiger partial charge on any atom is -0.375 e. The van der Waals surface area contributed by atoms with Crippen molar-refractivity contribution in [1.82, 2.24) is 9.97 Å². The van der Waals surface area contributed by atoms with Crippen LogP contribution in [0.2, 0.25) is 0 Å². The summed E-state index contributed by atoms with van der Waals surface area (Å²) in [7, 11) is 0. The molecule has 27 heavy (non-hydrogen) atoms. The van der Waals surface area contributed by atoms with E-state index in [-0.39, 0.29) is 17.7 Å². The van der Waals surface area contributed by atoms with Gasteiger partial charge in [-0.3, -0.25) is 0 Å². The van der Waals surface area contributed by atoms with E-state index in [1.165, 1.54) is 0 Å². The molecule has 1 saturated heterocycles. The first kappa shape index (κ1) is 16.6. The maximum atomic E-state index is 13.1. The Morgan fingerprint density at radius 2 is 1.78 bits per heavy atom.